The van der Waals surface area contributed by atoms with E-state index in [1.807, 2.05) is 37.2 Å². The van der Waals surface area contributed by atoms with Crippen molar-refractivity contribution in [1.82, 2.24) is 19.9 Å². The molecule has 1 aliphatic carbocycles. The van der Waals surface area contributed by atoms with Crippen LogP contribution in [0.4, 0.5) is 0 Å². The van der Waals surface area contributed by atoms with Crippen LogP contribution in [0.1, 0.15) is 22.3 Å². The molecule has 0 bridgehead atoms. The Bertz CT molecular complexity index is 2920. The monoisotopic (exact) mass is 726 g/mol. The van der Waals surface area contributed by atoms with E-state index in [1.54, 1.807) is 0 Å². The standard InChI is InChI=1S/C53H34N4/c1-3-11-35(12-4-1)37-21-25-56-51(29-37)45-31-41(27-39-19-23-54-33-47(39)45)53(49-17-9-7-15-43(49)44-16-8-10-18-50(44)53)42-28-40-20-24-55-34-48(40)46(32-42)52-30-38(22-26-57-52)36-13-5-2-6-14-36/h1-34H. The van der Waals surface area contributed by atoms with E-state index in [2.05, 4.69) is 180 Å². The van der Waals surface area contributed by atoms with Crippen LogP contribution >= 0.6 is 0 Å². The quantitative estimate of drug-likeness (QED) is 0.171. The molecule has 10 aromatic rings. The van der Waals surface area contributed by atoms with Gasteiger partial charge in [-0.25, -0.2) is 0 Å². The van der Waals surface area contributed by atoms with Crippen molar-refractivity contribution in [1.29, 1.82) is 0 Å². The minimum Gasteiger partial charge on any atom is -0.264 e. The molecular weight excluding hydrogens is 693 g/mol. The highest BCUT2D eigenvalue weighted by atomic mass is 14.7. The molecule has 0 radical (unpaired) electrons. The van der Waals surface area contributed by atoms with Gasteiger partial charge in [-0.15, -0.1) is 0 Å². The van der Waals surface area contributed by atoms with Crippen molar-refractivity contribution in [2.24, 2.45) is 0 Å². The predicted octanol–water partition coefficient (Wildman–Crippen LogP) is 12.6. The molecule has 0 saturated carbocycles. The van der Waals surface area contributed by atoms with Crippen molar-refractivity contribution in [2.45, 2.75) is 5.41 Å². The first-order valence-electron chi connectivity index (χ1n) is 19.3. The zero-order chi connectivity index (χ0) is 37.8. The third-order valence-electron chi connectivity index (χ3n) is 11.6. The Hall–Kier alpha value is -7.56. The number of fused-ring (bicyclic) bond motifs is 5. The Balaban J connectivity index is 1.23. The van der Waals surface area contributed by atoms with E-state index < -0.39 is 5.41 Å². The molecule has 0 unspecified atom stereocenters. The summed E-state index contributed by atoms with van der Waals surface area (Å²) in [6.07, 6.45) is 11.6. The van der Waals surface area contributed by atoms with E-state index in [1.165, 1.54) is 22.3 Å². The van der Waals surface area contributed by atoms with Gasteiger partial charge in [0.2, 0.25) is 0 Å². The summed E-state index contributed by atoms with van der Waals surface area (Å²) in [5, 5.41) is 4.32. The Morgan fingerprint density at radius 1 is 0.333 bits per heavy atom. The molecule has 1 aliphatic rings. The lowest BCUT2D eigenvalue weighted by Gasteiger charge is -2.35. The van der Waals surface area contributed by atoms with Crippen LogP contribution in [0.15, 0.2) is 207 Å². The molecule has 4 nitrogen and oxygen atoms in total. The molecule has 0 saturated heterocycles. The number of hydrogen-bond acceptors (Lipinski definition) is 4. The van der Waals surface area contributed by atoms with Crippen LogP contribution in [-0.4, -0.2) is 19.9 Å². The van der Waals surface area contributed by atoms with E-state index in [-0.39, 0.29) is 0 Å². The number of pyridine rings is 4. The predicted molar refractivity (Wildman–Crippen MR) is 232 cm³/mol. The lowest BCUT2D eigenvalue weighted by atomic mass is 9.66. The lowest BCUT2D eigenvalue weighted by Crippen LogP contribution is -2.29. The zero-order valence-electron chi connectivity index (χ0n) is 30.9. The highest BCUT2D eigenvalue weighted by Crippen LogP contribution is 2.57. The fraction of sp³-hybridized carbons (Fsp3) is 0.0189. The minimum atomic E-state index is -0.695. The molecular formula is C53H34N4. The second-order valence-electron chi connectivity index (χ2n) is 14.7. The maximum atomic E-state index is 5.02. The van der Waals surface area contributed by atoms with Crippen molar-refractivity contribution in [2.75, 3.05) is 0 Å². The topological polar surface area (TPSA) is 51.6 Å². The first-order chi connectivity index (χ1) is 28.3. The van der Waals surface area contributed by atoms with Gasteiger partial charge in [0, 0.05) is 59.1 Å². The maximum Gasteiger partial charge on any atom is 0.0715 e. The van der Waals surface area contributed by atoms with Crippen LogP contribution in [0, 0.1) is 0 Å². The molecule has 0 spiro atoms. The normalized spacial score (nSPS) is 12.7. The summed E-state index contributed by atoms with van der Waals surface area (Å²) in [6.45, 7) is 0. The van der Waals surface area contributed by atoms with E-state index >= 15 is 0 Å². The molecule has 4 heteroatoms. The molecule has 0 amide bonds. The van der Waals surface area contributed by atoms with Crippen molar-refractivity contribution in [3.8, 4) is 55.9 Å². The van der Waals surface area contributed by atoms with Gasteiger partial charge in [0.25, 0.3) is 0 Å². The van der Waals surface area contributed by atoms with Crippen LogP contribution in [0.2, 0.25) is 0 Å². The summed E-state index contributed by atoms with van der Waals surface area (Å²) in [4.78, 5) is 19.3. The summed E-state index contributed by atoms with van der Waals surface area (Å²) in [7, 11) is 0. The fourth-order valence-electron chi connectivity index (χ4n) is 9.05. The van der Waals surface area contributed by atoms with Gasteiger partial charge >= 0.3 is 0 Å². The van der Waals surface area contributed by atoms with Gasteiger partial charge in [-0.3, -0.25) is 19.9 Å². The van der Waals surface area contributed by atoms with Crippen molar-refractivity contribution < 1.29 is 0 Å². The average molecular weight is 727 g/mol. The van der Waals surface area contributed by atoms with Crippen LogP contribution in [0.25, 0.3) is 77.4 Å². The minimum absolute atomic E-state index is 0.695. The van der Waals surface area contributed by atoms with Gasteiger partial charge in [0.1, 0.15) is 0 Å². The van der Waals surface area contributed by atoms with Crippen molar-refractivity contribution in [3.05, 3.63) is 229 Å². The summed E-state index contributed by atoms with van der Waals surface area (Å²) >= 11 is 0. The molecule has 266 valence electrons. The fourth-order valence-corrected chi connectivity index (χ4v) is 9.05. The highest BCUT2D eigenvalue weighted by Gasteiger charge is 2.46. The SMILES string of the molecule is c1ccc(-c2ccnc(-c3cc(C4(c5cc(-c6cc(-c7ccccc7)ccn6)c6cnccc6c5)c5ccccc5-c5ccccc54)cc4ccncc34)c2)cc1. The maximum absolute atomic E-state index is 5.02. The van der Waals surface area contributed by atoms with Gasteiger partial charge in [-0.1, -0.05) is 109 Å². The van der Waals surface area contributed by atoms with Gasteiger partial charge in [0.05, 0.1) is 16.8 Å². The van der Waals surface area contributed by atoms with E-state index in [9.17, 15) is 0 Å². The Morgan fingerprint density at radius 3 is 1.25 bits per heavy atom. The van der Waals surface area contributed by atoms with Gasteiger partial charge < -0.3 is 0 Å². The van der Waals surface area contributed by atoms with Crippen molar-refractivity contribution >= 4 is 21.5 Å². The number of aromatic nitrogens is 4. The third-order valence-corrected chi connectivity index (χ3v) is 11.6. The van der Waals surface area contributed by atoms with Crippen LogP contribution in [-0.2, 0) is 5.41 Å². The van der Waals surface area contributed by atoms with Crippen molar-refractivity contribution in [3.63, 3.8) is 0 Å². The third kappa shape index (κ3) is 5.30. The Labute approximate surface area is 330 Å². The van der Waals surface area contributed by atoms with E-state index in [0.717, 1.165) is 77.4 Å². The van der Waals surface area contributed by atoms with Crippen LogP contribution in [0.5, 0.6) is 0 Å². The smallest absolute Gasteiger partial charge is 0.0715 e. The Morgan fingerprint density at radius 2 is 0.772 bits per heavy atom. The molecule has 0 atom stereocenters. The Kier molecular flexibility index (Phi) is 7.68. The first-order valence-corrected chi connectivity index (χ1v) is 19.3. The molecule has 6 aromatic carbocycles. The number of nitrogens with zero attached hydrogens (tertiary/aromatic N) is 4. The first kappa shape index (κ1) is 32.8. The number of rotatable bonds is 6. The second kappa shape index (κ2) is 13.3. The molecule has 57 heavy (non-hydrogen) atoms. The van der Waals surface area contributed by atoms with E-state index in [4.69, 9.17) is 9.97 Å². The molecule has 0 N–H and O–H groups in total. The molecule has 4 heterocycles. The summed E-state index contributed by atoms with van der Waals surface area (Å²) < 4.78 is 0. The zero-order valence-corrected chi connectivity index (χ0v) is 30.9. The highest BCUT2D eigenvalue weighted by molar-refractivity contribution is 6.00. The number of benzene rings is 6. The van der Waals surface area contributed by atoms with Gasteiger partial charge in [-0.05, 0) is 127 Å². The second-order valence-corrected chi connectivity index (χ2v) is 14.7. The average Bonchev–Trinajstić information content (AvgIpc) is 3.60. The lowest BCUT2D eigenvalue weighted by molar-refractivity contribution is 0.771. The van der Waals surface area contributed by atoms with Gasteiger partial charge in [-0.2, -0.15) is 0 Å². The molecule has 4 aromatic heterocycles. The summed E-state index contributed by atoms with van der Waals surface area (Å²) in [6, 6.07) is 61.1. The number of hydrogen-bond donors (Lipinski definition) is 0. The van der Waals surface area contributed by atoms with Crippen LogP contribution in [0.3, 0.4) is 0 Å². The summed E-state index contributed by atoms with van der Waals surface area (Å²) in [5.41, 5.74) is 15.0. The largest absolute Gasteiger partial charge is 0.264 e. The molecule has 0 aliphatic heterocycles. The molecule has 11 rings (SSSR count). The molecule has 0 fully saturated rings. The summed E-state index contributed by atoms with van der Waals surface area (Å²) in [5.74, 6) is 0. The van der Waals surface area contributed by atoms with Gasteiger partial charge in [0.15, 0.2) is 0 Å². The van der Waals surface area contributed by atoms with Crippen LogP contribution < -0.4 is 0 Å². The van der Waals surface area contributed by atoms with E-state index in [0.29, 0.717) is 0 Å².